The van der Waals surface area contributed by atoms with Crippen LogP contribution in [-0.2, 0) is 10.0 Å². The van der Waals surface area contributed by atoms with Crippen molar-refractivity contribution in [1.82, 2.24) is 3.97 Å². The average molecular weight is 457 g/mol. The van der Waals surface area contributed by atoms with Gasteiger partial charge in [-0.3, -0.25) is 4.79 Å². The molecule has 0 bridgehead atoms. The summed E-state index contributed by atoms with van der Waals surface area (Å²) in [5, 5.41) is 0.284. The molecule has 1 aromatic heterocycles. The molecule has 0 N–H and O–H groups in total. The second kappa shape index (κ2) is 8.08. The van der Waals surface area contributed by atoms with E-state index in [0.717, 1.165) is 16.1 Å². The van der Waals surface area contributed by atoms with Gasteiger partial charge in [0.05, 0.1) is 19.1 Å². The molecule has 0 amide bonds. The number of hydrogen-bond acceptors (Lipinski definition) is 5. The maximum atomic E-state index is 13.8. The third-order valence-corrected chi connectivity index (χ3v) is 6.65. The second-order valence-corrected chi connectivity index (χ2v) is 8.62. The number of halogens is 2. The van der Waals surface area contributed by atoms with E-state index in [1.54, 1.807) is 24.3 Å². The first-order chi connectivity index (χ1) is 15.3. The zero-order valence-corrected chi connectivity index (χ0v) is 17.8. The number of nitrogens with zero attached hydrogens (tertiary/aromatic N) is 1. The first-order valence-corrected chi connectivity index (χ1v) is 10.8. The van der Waals surface area contributed by atoms with Crippen LogP contribution in [0.25, 0.3) is 10.9 Å². The maximum Gasteiger partial charge on any atom is 0.268 e. The standard InChI is InChI=1S/C23H17F2NO5S/c1-30-20-8-9-21(31-2)22-18(20)13-19(23(27)14-10-15(24)12-16(25)11-14)26(22)32(28,29)17-6-4-3-5-7-17/h3-13H,1-2H3. The Kier molecular flexibility index (Phi) is 5.43. The number of ketones is 1. The Morgan fingerprint density at radius 1 is 0.844 bits per heavy atom. The lowest BCUT2D eigenvalue weighted by molar-refractivity contribution is 0.103. The van der Waals surface area contributed by atoms with Gasteiger partial charge in [-0.15, -0.1) is 0 Å². The lowest BCUT2D eigenvalue weighted by Crippen LogP contribution is -2.19. The van der Waals surface area contributed by atoms with E-state index in [4.69, 9.17) is 9.47 Å². The molecule has 9 heteroatoms. The van der Waals surface area contributed by atoms with Crippen LogP contribution >= 0.6 is 0 Å². The van der Waals surface area contributed by atoms with Gasteiger partial charge in [-0.2, -0.15) is 0 Å². The topological polar surface area (TPSA) is 74.6 Å². The highest BCUT2D eigenvalue weighted by Gasteiger charge is 2.30. The highest BCUT2D eigenvalue weighted by Crippen LogP contribution is 2.38. The number of benzene rings is 3. The van der Waals surface area contributed by atoms with Crippen LogP contribution in [0.1, 0.15) is 16.1 Å². The number of carbonyl (C=O) groups is 1. The van der Waals surface area contributed by atoms with Gasteiger partial charge in [0.25, 0.3) is 10.0 Å². The molecule has 0 aliphatic heterocycles. The number of carbonyl (C=O) groups excluding carboxylic acids is 1. The highest BCUT2D eigenvalue weighted by atomic mass is 32.2. The van der Waals surface area contributed by atoms with Crippen LogP contribution in [-0.4, -0.2) is 32.4 Å². The summed E-state index contributed by atoms with van der Waals surface area (Å²) in [6, 6.07) is 14.2. The largest absolute Gasteiger partial charge is 0.496 e. The molecule has 1 heterocycles. The van der Waals surface area contributed by atoms with Crippen molar-refractivity contribution in [1.29, 1.82) is 0 Å². The summed E-state index contributed by atoms with van der Waals surface area (Å²) in [5.74, 6) is -2.34. The fourth-order valence-electron chi connectivity index (χ4n) is 3.52. The molecule has 0 saturated carbocycles. The Morgan fingerprint density at radius 2 is 1.44 bits per heavy atom. The summed E-state index contributed by atoms with van der Waals surface area (Å²) in [5.41, 5.74) is -0.597. The van der Waals surface area contributed by atoms with Crippen molar-refractivity contribution in [2.75, 3.05) is 14.2 Å². The summed E-state index contributed by atoms with van der Waals surface area (Å²) >= 11 is 0. The van der Waals surface area contributed by atoms with E-state index in [0.29, 0.717) is 11.8 Å². The molecule has 0 atom stereocenters. The van der Waals surface area contributed by atoms with Crippen LogP contribution in [0.4, 0.5) is 8.78 Å². The number of fused-ring (bicyclic) bond motifs is 1. The molecule has 6 nitrogen and oxygen atoms in total. The third kappa shape index (κ3) is 3.50. The van der Waals surface area contributed by atoms with Crippen LogP contribution in [0.15, 0.2) is 71.6 Å². The number of hydrogen-bond donors (Lipinski definition) is 0. The van der Waals surface area contributed by atoms with Gasteiger partial charge in [0.15, 0.2) is 0 Å². The monoisotopic (exact) mass is 457 g/mol. The van der Waals surface area contributed by atoms with Crippen molar-refractivity contribution in [2.24, 2.45) is 0 Å². The van der Waals surface area contributed by atoms with Gasteiger partial charge in [0, 0.05) is 17.0 Å². The van der Waals surface area contributed by atoms with Gasteiger partial charge in [-0.25, -0.2) is 21.2 Å². The average Bonchev–Trinajstić information content (AvgIpc) is 3.19. The normalized spacial score (nSPS) is 11.5. The van der Waals surface area contributed by atoms with E-state index in [9.17, 15) is 22.0 Å². The van der Waals surface area contributed by atoms with Crippen molar-refractivity contribution in [2.45, 2.75) is 4.90 Å². The van der Waals surface area contributed by atoms with Crippen LogP contribution in [0, 0.1) is 11.6 Å². The van der Waals surface area contributed by atoms with Crippen LogP contribution < -0.4 is 9.47 Å². The molecular formula is C23H17F2NO5S. The molecule has 4 rings (SSSR count). The van der Waals surface area contributed by atoms with E-state index >= 15 is 0 Å². The smallest absolute Gasteiger partial charge is 0.268 e. The molecule has 4 aromatic rings. The first kappa shape index (κ1) is 21.5. The van der Waals surface area contributed by atoms with Gasteiger partial charge < -0.3 is 9.47 Å². The van der Waals surface area contributed by atoms with Crippen LogP contribution in [0.5, 0.6) is 11.5 Å². The summed E-state index contributed by atoms with van der Waals surface area (Å²) < 4.78 is 66.4. The van der Waals surface area contributed by atoms with Crippen LogP contribution in [0.3, 0.4) is 0 Å². The molecule has 3 aromatic carbocycles. The zero-order chi connectivity index (χ0) is 23.0. The van der Waals surface area contributed by atoms with E-state index < -0.39 is 27.4 Å². The number of methoxy groups -OCH3 is 2. The Labute approximate surface area is 182 Å². The molecule has 0 aliphatic carbocycles. The van der Waals surface area contributed by atoms with Crippen molar-refractivity contribution in [3.8, 4) is 11.5 Å². The minimum atomic E-state index is -4.31. The van der Waals surface area contributed by atoms with Gasteiger partial charge in [-0.1, -0.05) is 18.2 Å². The van der Waals surface area contributed by atoms with E-state index in [1.165, 1.54) is 38.5 Å². The number of rotatable bonds is 6. The van der Waals surface area contributed by atoms with Crippen molar-refractivity contribution < 1.29 is 31.5 Å². The van der Waals surface area contributed by atoms with E-state index in [1.807, 2.05) is 0 Å². The molecule has 0 radical (unpaired) electrons. The van der Waals surface area contributed by atoms with Gasteiger partial charge in [0.1, 0.15) is 34.3 Å². The Hall–Kier alpha value is -3.72. The molecule has 164 valence electrons. The second-order valence-electron chi connectivity index (χ2n) is 6.83. The molecule has 0 saturated heterocycles. The number of aromatic nitrogens is 1. The summed E-state index contributed by atoms with van der Waals surface area (Å²) in [6.07, 6.45) is 0. The summed E-state index contributed by atoms with van der Waals surface area (Å²) in [6.45, 7) is 0. The Balaban J connectivity index is 2.11. The maximum absolute atomic E-state index is 13.8. The van der Waals surface area contributed by atoms with Gasteiger partial charge in [-0.05, 0) is 42.5 Å². The lowest BCUT2D eigenvalue weighted by Gasteiger charge is -2.14. The fourth-order valence-corrected chi connectivity index (χ4v) is 5.05. The van der Waals surface area contributed by atoms with Gasteiger partial charge >= 0.3 is 0 Å². The molecule has 32 heavy (non-hydrogen) atoms. The molecule has 0 spiro atoms. The minimum Gasteiger partial charge on any atom is -0.496 e. The third-order valence-electron chi connectivity index (χ3n) is 4.92. The van der Waals surface area contributed by atoms with Gasteiger partial charge in [0.2, 0.25) is 5.78 Å². The van der Waals surface area contributed by atoms with Crippen molar-refractivity contribution in [3.63, 3.8) is 0 Å². The lowest BCUT2D eigenvalue weighted by atomic mass is 10.1. The minimum absolute atomic E-state index is 0.0657. The summed E-state index contributed by atoms with van der Waals surface area (Å²) in [7, 11) is -1.56. The zero-order valence-electron chi connectivity index (χ0n) is 17.0. The molecule has 0 aliphatic rings. The highest BCUT2D eigenvalue weighted by molar-refractivity contribution is 7.90. The first-order valence-electron chi connectivity index (χ1n) is 9.35. The predicted molar refractivity (Wildman–Crippen MR) is 114 cm³/mol. The fraction of sp³-hybridized carbons (Fsp3) is 0.0870. The van der Waals surface area contributed by atoms with E-state index in [-0.39, 0.29) is 32.8 Å². The van der Waals surface area contributed by atoms with E-state index in [2.05, 4.69) is 0 Å². The van der Waals surface area contributed by atoms with Crippen molar-refractivity contribution in [3.05, 3.63) is 89.6 Å². The Bertz CT molecular complexity index is 1430. The SMILES string of the molecule is COc1ccc(OC)c2c1cc(C(=O)c1cc(F)cc(F)c1)n2S(=O)(=O)c1ccccc1. The molecular weight excluding hydrogens is 440 g/mol. The Morgan fingerprint density at radius 3 is 2.03 bits per heavy atom. The predicted octanol–water partition coefficient (Wildman–Crippen LogP) is 4.40. The quantitative estimate of drug-likeness (QED) is 0.401. The number of ether oxygens (including phenoxy) is 2. The molecule has 0 unspecified atom stereocenters. The van der Waals surface area contributed by atoms with Crippen LogP contribution in [0.2, 0.25) is 0 Å². The summed E-state index contributed by atoms with van der Waals surface area (Å²) in [4.78, 5) is 13.2. The van der Waals surface area contributed by atoms with Crippen molar-refractivity contribution >= 4 is 26.7 Å². The molecule has 0 fully saturated rings.